The number of hydrogen-bond donors (Lipinski definition) is 2. The summed E-state index contributed by atoms with van der Waals surface area (Å²) < 4.78 is 1.14. The van der Waals surface area contributed by atoms with Crippen LogP contribution in [0.15, 0.2) is 33.7 Å². The van der Waals surface area contributed by atoms with Crippen molar-refractivity contribution in [2.24, 2.45) is 4.99 Å². The molecule has 1 aromatic rings. The third-order valence-corrected chi connectivity index (χ3v) is 5.28. The van der Waals surface area contributed by atoms with Crippen LogP contribution < -0.4 is 10.6 Å². The van der Waals surface area contributed by atoms with Gasteiger partial charge in [-0.25, -0.2) is 0 Å². The number of nitrogens with zero attached hydrogens (tertiary/aromatic N) is 2. The monoisotopic (exact) mass is 540 g/mol. The normalized spacial score (nSPS) is 16.4. The molecule has 0 aromatic heterocycles. The van der Waals surface area contributed by atoms with Gasteiger partial charge in [-0.15, -0.1) is 24.0 Å². The van der Waals surface area contributed by atoms with E-state index >= 15 is 0 Å². The van der Waals surface area contributed by atoms with Gasteiger partial charge in [-0.05, 0) is 43.7 Å². The van der Waals surface area contributed by atoms with Crippen LogP contribution in [0, 0.1) is 0 Å². The van der Waals surface area contributed by atoms with Gasteiger partial charge in [0.1, 0.15) is 0 Å². The largest absolute Gasteiger partial charge is 0.357 e. The maximum absolute atomic E-state index is 4.65. The van der Waals surface area contributed by atoms with Gasteiger partial charge in [-0.3, -0.25) is 9.89 Å². The first kappa shape index (κ1) is 23.0. The SMILES string of the molecule is CCNC(=NCCSC)NC1CCN(Cc2ccc(Br)cc2)CC1.I. The number of guanidine groups is 1. The van der Waals surface area contributed by atoms with Crippen LogP contribution in [-0.4, -0.2) is 55.1 Å². The Hall–Kier alpha value is 0.01000. The summed E-state index contributed by atoms with van der Waals surface area (Å²) in [7, 11) is 0. The Labute approximate surface area is 182 Å². The molecular weight excluding hydrogens is 511 g/mol. The Morgan fingerprint density at radius 1 is 1.28 bits per heavy atom. The fourth-order valence-corrected chi connectivity index (χ4v) is 3.38. The highest BCUT2D eigenvalue weighted by molar-refractivity contribution is 14.0. The van der Waals surface area contributed by atoms with E-state index in [0.29, 0.717) is 6.04 Å². The molecule has 142 valence electrons. The Morgan fingerprint density at radius 3 is 2.56 bits per heavy atom. The number of piperidine rings is 1. The molecule has 1 aliphatic rings. The highest BCUT2D eigenvalue weighted by Crippen LogP contribution is 2.16. The van der Waals surface area contributed by atoms with Gasteiger partial charge in [0.05, 0.1) is 6.54 Å². The van der Waals surface area contributed by atoms with Crippen LogP contribution in [0.2, 0.25) is 0 Å². The molecule has 1 heterocycles. The average Bonchev–Trinajstić information content (AvgIpc) is 2.59. The number of aliphatic imine (C=N–C) groups is 1. The van der Waals surface area contributed by atoms with Crippen LogP contribution in [0.1, 0.15) is 25.3 Å². The van der Waals surface area contributed by atoms with Gasteiger partial charge in [0.2, 0.25) is 0 Å². The number of nitrogens with one attached hydrogen (secondary N) is 2. The molecule has 0 unspecified atom stereocenters. The van der Waals surface area contributed by atoms with Gasteiger partial charge in [0.25, 0.3) is 0 Å². The molecule has 2 rings (SSSR count). The first-order valence-electron chi connectivity index (χ1n) is 8.72. The molecule has 1 aliphatic heterocycles. The number of hydrogen-bond acceptors (Lipinski definition) is 3. The van der Waals surface area contributed by atoms with Crippen LogP contribution in [-0.2, 0) is 6.54 Å². The molecule has 0 atom stereocenters. The Balaban J connectivity index is 0.00000312. The molecule has 0 amide bonds. The fraction of sp³-hybridized carbons (Fsp3) is 0.611. The fourth-order valence-electron chi connectivity index (χ4n) is 2.85. The van der Waals surface area contributed by atoms with Crippen molar-refractivity contribution in [3.8, 4) is 0 Å². The van der Waals surface area contributed by atoms with Crippen LogP contribution in [0.3, 0.4) is 0 Å². The van der Waals surface area contributed by atoms with E-state index in [1.54, 1.807) is 0 Å². The van der Waals surface area contributed by atoms with E-state index < -0.39 is 0 Å². The van der Waals surface area contributed by atoms with Crippen LogP contribution in [0.4, 0.5) is 0 Å². The summed E-state index contributed by atoms with van der Waals surface area (Å²) >= 11 is 5.33. The molecule has 1 fully saturated rings. The van der Waals surface area contributed by atoms with E-state index in [4.69, 9.17) is 0 Å². The third-order valence-electron chi connectivity index (χ3n) is 4.16. The molecule has 0 radical (unpaired) electrons. The smallest absolute Gasteiger partial charge is 0.191 e. The zero-order chi connectivity index (χ0) is 17.2. The van der Waals surface area contributed by atoms with Crippen molar-refractivity contribution in [1.29, 1.82) is 0 Å². The van der Waals surface area contributed by atoms with Crippen LogP contribution in [0.25, 0.3) is 0 Å². The van der Waals surface area contributed by atoms with E-state index in [-0.39, 0.29) is 24.0 Å². The van der Waals surface area contributed by atoms with Crippen molar-refractivity contribution in [1.82, 2.24) is 15.5 Å². The summed E-state index contributed by atoms with van der Waals surface area (Å²) in [4.78, 5) is 7.19. The number of halogens is 2. The number of thioether (sulfide) groups is 1. The minimum absolute atomic E-state index is 0. The average molecular weight is 541 g/mol. The first-order valence-corrected chi connectivity index (χ1v) is 10.9. The minimum atomic E-state index is 0. The van der Waals surface area contributed by atoms with Crippen molar-refractivity contribution in [2.45, 2.75) is 32.4 Å². The highest BCUT2D eigenvalue weighted by Gasteiger charge is 2.19. The number of benzene rings is 1. The van der Waals surface area contributed by atoms with Crippen molar-refractivity contribution in [2.75, 3.05) is 38.2 Å². The van der Waals surface area contributed by atoms with Crippen LogP contribution in [0.5, 0.6) is 0 Å². The third kappa shape index (κ3) is 8.97. The summed E-state index contributed by atoms with van der Waals surface area (Å²) in [6.07, 6.45) is 4.46. The molecule has 2 N–H and O–H groups in total. The topological polar surface area (TPSA) is 39.7 Å². The van der Waals surface area contributed by atoms with Gasteiger partial charge < -0.3 is 10.6 Å². The summed E-state index contributed by atoms with van der Waals surface area (Å²) in [6, 6.07) is 9.18. The molecule has 1 saturated heterocycles. The maximum atomic E-state index is 4.65. The lowest BCUT2D eigenvalue weighted by atomic mass is 10.0. The van der Waals surface area contributed by atoms with Gasteiger partial charge in [0, 0.05) is 42.4 Å². The van der Waals surface area contributed by atoms with Crippen molar-refractivity contribution in [3.05, 3.63) is 34.3 Å². The van der Waals surface area contributed by atoms with Gasteiger partial charge >= 0.3 is 0 Å². The molecular formula is C18H30BrIN4S. The molecule has 0 saturated carbocycles. The Morgan fingerprint density at radius 2 is 1.96 bits per heavy atom. The Bertz CT molecular complexity index is 504. The molecule has 25 heavy (non-hydrogen) atoms. The van der Waals surface area contributed by atoms with E-state index in [2.05, 4.69) is 73.9 Å². The van der Waals surface area contributed by atoms with E-state index in [1.807, 2.05) is 11.8 Å². The van der Waals surface area contributed by atoms with E-state index in [1.165, 1.54) is 18.4 Å². The lowest BCUT2D eigenvalue weighted by molar-refractivity contribution is 0.198. The van der Waals surface area contributed by atoms with E-state index in [0.717, 1.165) is 48.9 Å². The zero-order valence-corrected chi connectivity index (χ0v) is 19.9. The van der Waals surface area contributed by atoms with Gasteiger partial charge in [-0.1, -0.05) is 28.1 Å². The lowest BCUT2D eigenvalue weighted by Crippen LogP contribution is -2.48. The second-order valence-electron chi connectivity index (χ2n) is 6.07. The molecule has 1 aromatic carbocycles. The summed E-state index contributed by atoms with van der Waals surface area (Å²) in [6.45, 7) is 7.22. The molecule has 7 heteroatoms. The van der Waals surface area contributed by atoms with Crippen LogP contribution >= 0.6 is 51.7 Å². The highest BCUT2D eigenvalue weighted by atomic mass is 127. The first-order chi connectivity index (χ1) is 11.7. The summed E-state index contributed by atoms with van der Waals surface area (Å²) in [5, 5.41) is 6.96. The summed E-state index contributed by atoms with van der Waals surface area (Å²) in [5.41, 5.74) is 1.39. The number of likely N-dealkylation sites (tertiary alicyclic amines) is 1. The summed E-state index contributed by atoms with van der Waals surface area (Å²) in [5.74, 6) is 2.04. The van der Waals surface area contributed by atoms with Crippen molar-refractivity contribution < 1.29 is 0 Å². The van der Waals surface area contributed by atoms with E-state index in [9.17, 15) is 0 Å². The van der Waals surface area contributed by atoms with Gasteiger partial charge in [0.15, 0.2) is 5.96 Å². The lowest BCUT2D eigenvalue weighted by Gasteiger charge is -2.33. The van der Waals surface area contributed by atoms with Crippen molar-refractivity contribution >= 4 is 57.6 Å². The Kier molecular flexibility index (Phi) is 12.2. The molecule has 0 bridgehead atoms. The minimum Gasteiger partial charge on any atom is -0.357 e. The molecule has 0 aliphatic carbocycles. The quantitative estimate of drug-likeness (QED) is 0.238. The number of rotatable bonds is 7. The van der Waals surface area contributed by atoms with Crippen molar-refractivity contribution in [3.63, 3.8) is 0 Å². The predicted molar refractivity (Wildman–Crippen MR) is 125 cm³/mol. The molecule has 4 nitrogen and oxygen atoms in total. The zero-order valence-electron chi connectivity index (χ0n) is 15.1. The molecule has 0 spiro atoms. The van der Waals surface area contributed by atoms with Gasteiger partial charge in [-0.2, -0.15) is 11.8 Å². The maximum Gasteiger partial charge on any atom is 0.191 e. The standard InChI is InChI=1S/C18H29BrN4S.HI/c1-3-20-18(21-10-13-24-2)22-17-8-11-23(12-9-17)14-15-4-6-16(19)7-5-15;/h4-7,17H,3,8-14H2,1-2H3,(H2,20,21,22);1H. The predicted octanol–water partition coefficient (Wildman–Crippen LogP) is 3.95. The second kappa shape index (κ2) is 13.2. The second-order valence-corrected chi connectivity index (χ2v) is 7.98.